The van der Waals surface area contributed by atoms with E-state index in [2.05, 4.69) is 17.4 Å². The largest absolute Gasteiger partial charge is 0.354 e. The monoisotopic (exact) mass is 356 g/mol. The van der Waals surface area contributed by atoms with Gasteiger partial charge in [-0.25, -0.2) is 0 Å². The van der Waals surface area contributed by atoms with Crippen LogP contribution in [-0.2, 0) is 10.2 Å². The minimum Gasteiger partial charge on any atom is -0.354 e. The molecule has 1 atom stereocenters. The van der Waals surface area contributed by atoms with Crippen molar-refractivity contribution in [3.63, 3.8) is 0 Å². The van der Waals surface area contributed by atoms with Gasteiger partial charge in [0.1, 0.15) is 0 Å². The molecule has 3 rings (SSSR count). The molecule has 0 bridgehead atoms. The number of thioether (sulfide) groups is 1. The average molecular weight is 356 g/mol. The summed E-state index contributed by atoms with van der Waals surface area (Å²) in [4.78, 5) is 23.5. The van der Waals surface area contributed by atoms with E-state index in [0.717, 1.165) is 17.7 Å². The molecule has 5 nitrogen and oxygen atoms in total. The zero-order valence-electron chi connectivity index (χ0n) is 14.0. The third kappa shape index (κ3) is 4.20. The van der Waals surface area contributed by atoms with Crippen molar-refractivity contribution in [3.05, 3.63) is 70.3 Å². The Morgan fingerprint density at radius 2 is 1.84 bits per heavy atom. The van der Waals surface area contributed by atoms with Crippen LogP contribution in [0.1, 0.15) is 25.3 Å². The maximum atomic E-state index is 12.4. The minimum atomic E-state index is -0.427. The Kier molecular flexibility index (Phi) is 5.08. The number of carbonyl (C=O) groups is 1. The number of nitro groups is 1. The van der Waals surface area contributed by atoms with E-state index in [1.807, 2.05) is 25.1 Å². The van der Waals surface area contributed by atoms with Gasteiger partial charge in [0, 0.05) is 29.0 Å². The highest BCUT2D eigenvalue weighted by atomic mass is 32.2. The van der Waals surface area contributed by atoms with Crippen molar-refractivity contribution in [1.82, 2.24) is 5.32 Å². The van der Waals surface area contributed by atoms with Gasteiger partial charge in [-0.2, -0.15) is 0 Å². The van der Waals surface area contributed by atoms with Crippen LogP contribution in [0.25, 0.3) is 0 Å². The van der Waals surface area contributed by atoms with Crippen LogP contribution in [0.3, 0.4) is 0 Å². The van der Waals surface area contributed by atoms with E-state index in [4.69, 9.17) is 0 Å². The molecule has 1 amide bonds. The molecule has 1 saturated carbocycles. The highest BCUT2D eigenvalue weighted by molar-refractivity contribution is 8.00. The fourth-order valence-electron chi connectivity index (χ4n) is 2.81. The molecular formula is C19H20N2O3S. The molecule has 6 heteroatoms. The molecule has 25 heavy (non-hydrogen) atoms. The Morgan fingerprint density at radius 3 is 2.40 bits per heavy atom. The molecule has 1 aliphatic carbocycles. The summed E-state index contributed by atoms with van der Waals surface area (Å²) in [5, 5.41) is 13.5. The zero-order chi connectivity index (χ0) is 17.9. The third-order valence-corrected chi connectivity index (χ3v) is 5.68. The van der Waals surface area contributed by atoms with Gasteiger partial charge in [0.05, 0.1) is 10.2 Å². The molecule has 1 fully saturated rings. The van der Waals surface area contributed by atoms with E-state index in [9.17, 15) is 14.9 Å². The van der Waals surface area contributed by atoms with E-state index in [1.54, 1.807) is 12.1 Å². The van der Waals surface area contributed by atoms with Crippen molar-refractivity contribution < 1.29 is 9.72 Å². The second kappa shape index (κ2) is 7.27. The van der Waals surface area contributed by atoms with Crippen LogP contribution in [0, 0.1) is 10.1 Å². The van der Waals surface area contributed by atoms with Gasteiger partial charge in [-0.15, -0.1) is 11.8 Å². The summed E-state index contributed by atoms with van der Waals surface area (Å²) in [5.41, 5.74) is 1.43. The molecule has 1 unspecified atom stereocenters. The molecule has 1 aliphatic rings. The molecule has 2 aromatic carbocycles. The molecular weight excluding hydrogens is 336 g/mol. The van der Waals surface area contributed by atoms with Crippen LogP contribution in [0.15, 0.2) is 59.5 Å². The quantitative estimate of drug-likeness (QED) is 0.464. The van der Waals surface area contributed by atoms with Gasteiger partial charge < -0.3 is 5.32 Å². The predicted molar refractivity (Wildman–Crippen MR) is 98.8 cm³/mol. The molecule has 0 aliphatic heterocycles. The topological polar surface area (TPSA) is 72.2 Å². The molecule has 0 heterocycles. The summed E-state index contributed by atoms with van der Waals surface area (Å²) in [5.74, 6) is -0.00874. The van der Waals surface area contributed by atoms with Gasteiger partial charge in [0.15, 0.2) is 0 Å². The predicted octanol–water partition coefficient (Wildman–Crippen LogP) is 3.92. The number of amides is 1. The Morgan fingerprint density at radius 1 is 1.20 bits per heavy atom. The van der Waals surface area contributed by atoms with Gasteiger partial charge in [-0.05, 0) is 37.5 Å². The van der Waals surface area contributed by atoms with E-state index in [-0.39, 0.29) is 22.3 Å². The lowest BCUT2D eigenvalue weighted by atomic mass is 9.96. The maximum absolute atomic E-state index is 12.4. The second-order valence-corrected chi connectivity index (χ2v) is 7.79. The van der Waals surface area contributed by atoms with E-state index >= 15 is 0 Å². The Bertz CT molecular complexity index is 758. The smallest absolute Gasteiger partial charge is 0.269 e. The summed E-state index contributed by atoms with van der Waals surface area (Å²) in [7, 11) is 0. The summed E-state index contributed by atoms with van der Waals surface area (Å²) in [6, 6.07) is 16.6. The number of non-ortho nitro benzene ring substituents is 1. The second-order valence-electron chi connectivity index (χ2n) is 6.38. The van der Waals surface area contributed by atoms with Crippen molar-refractivity contribution >= 4 is 23.4 Å². The number of nitrogens with one attached hydrogen (secondary N) is 1. The standard InChI is InChI=1S/C19H20N2O3S/c1-14(25-17-9-7-16(8-10-17)21(23)24)18(22)20-13-19(11-12-19)15-5-3-2-4-6-15/h2-10,14H,11-13H2,1H3,(H,20,22). The first-order valence-corrected chi connectivity index (χ1v) is 9.12. The summed E-state index contributed by atoms with van der Waals surface area (Å²) in [6.07, 6.45) is 2.20. The van der Waals surface area contributed by atoms with Gasteiger partial charge in [0.25, 0.3) is 5.69 Å². The molecule has 0 spiro atoms. The first kappa shape index (κ1) is 17.5. The van der Waals surface area contributed by atoms with Crippen LogP contribution in [0.2, 0.25) is 0 Å². The summed E-state index contributed by atoms with van der Waals surface area (Å²) < 4.78 is 0. The average Bonchev–Trinajstić information content (AvgIpc) is 3.42. The normalized spacial score (nSPS) is 16.0. The highest BCUT2D eigenvalue weighted by Gasteiger charge is 2.44. The van der Waals surface area contributed by atoms with Crippen LogP contribution >= 0.6 is 11.8 Å². The zero-order valence-corrected chi connectivity index (χ0v) is 14.8. The van der Waals surface area contributed by atoms with Crippen molar-refractivity contribution in [3.8, 4) is 0 Å². The third-order valence-electron chi connectivity index (χ3n) is 4.57. The lowest BCUT2D eigenvalue weighted by Crippen LogP contribution is -2.36. The SMILES string of the molecule is CC(Sc1ccc([N+](=O)[O-])cc1)C(=O)NCC1(c2ccccc2)CC1. The van der Waals surface area contributed by atoms with Crippen molar-refractivity contribution in [2.24, 2.45) is 0 Å². The minimum absolute atomic E-state index is 0.00874. The first-order chi connectivity index (χ1) is 12.0. The number of benzene rings is 2. The number of nitro benzene ring substituents is 1. The van der Waals surface area contributed by atoms with E-state index in [1.165, 1.54) is 29.5 Å². The van der Waals surface area contributed by atoms with Gasteiger partial charge >= 0.3 is 0 Å². The molecule has 0 aromatic heterocycles. The Balaban J connectivity index is 1.54. The number of rotatable bonds is 7. The molecule has 130 valence electrons. The maximum Gasteiger partial charge on any atom is 0.269 e. The molecule has 0 saturated heterocycles. The van der Waals surface area contributed by atoms with Gasteiger partial charge in [0.2, 0.25) is 5.91 Å². The molecule has 2 aromatic rings. The fourth-order valence-corrected chi connectivity index (χ4v) is 3.71. The van der Waals surface area contributed by atoms with E-state index < -0.39 is 4.92 Å². The fraction of sp³-hybridized carbons (Fsp3) is 0.316. The Labute approximate surface area is 151 Å². The van der Waals surface area contributed by atoms with Crippen molar-refractivity contribution in [2.45, 2.75) is 35.3 Å². The van der Waals surface area contributed by atoms with E-state index in [0.29, 0.717) is 6.54 Å². The van der Waals surface area contributed by atoms with Crippen LogP contribution in [0.5, 0.6) is 0 Å². The Hall–Kier alpha value is -2.34. The number of hydrogen-bond acceptors (Lipinski definition) is 4. The summed E-state index contributed by atoms with van der Waals surface area (Å²) >= 11 is 1.40. The summed E-state index contributed by atoms with van der Waals surface area (Å²) in [6.45, 7) is 2.50. The van der Waals surface area contributed by atoms with Crippen molar-refractivity contribution in [2.75, 3.05) is 6.54 Å². The first-order valence-electron chi connectivity index (χ1n) is 8.24. The van der Waals surface area contributed by atoms with Gasteiger partial charge in [-0.3, -0.25) is 14.9 Å². The highest BCUT2D eigenvalue weighted by Crippen LogP contribution is 2.47. The van der Waals surface area contributed by atoms with Crippen LogP contribution in [0.4, 0.5) is 5.69 Å². The number of carbonyl (C=O) groups excluding carboxylic acids is 1. The van der Waals surface area contributed by atoms with Crippen LogP contribution in [-0.4, -0.2) is 22.6 Å². The van der Waals surface area contributed by atoms with Gasteiger partial charge in [-0.1, -0.05) is 30.3 Å². The number of nitrogens with zero attached hydrogens (tertiary/aromatic N) is 1. The molecule has 1 N–H and O–H groups in total. The molecule has 0 radical (unpaired) electrons. The van der Waals surface area contributed by atoms with Crippen LogP contribution < -0.4 is 5.32 Å². The number of hydrogen-bond donors (Lipinski definition) is 1. The lowest BCUT2D eigenvalue weighted by Gasteiger charge is -2.18. The van der Waals surface area contributed by atoms with Crippen molar-refractivity contribution in [1.29, 1.82) is 0 Å². The lowest BCUT2D eigenvalue weighted by molar-refractivity contribution is -0.384.